The third kappa shape index (κ3) is 1.88. The summed E-state index contributed by atoms with van der Waals surface area (Å²) in [5.74, 6) is 0.194. The summed E-state index contributed by atoms with van der Waals surface area (Å²) in [6.07, 6.45) is 0. The lowest BCUT2D eigenvalue weighted by atomic mass is 10.3. The Morgan fingerprint density at radius 2 is 1.95 bits per heavy atom. The van der Waals surface area contributed by atoms with Crippen molar-refractivity contribution in [2.75, 3.05) is 31.1 Å². The van der Waals surface area contributed by atoms with Crippen LogP contribution < -0.4 is 10.2 Å². The molecule has 4 rings (SSSR count). The molecular weight excluding hydrogens is 298 g/mol. The molecule has 3 aromatic rings. The van der Waals surface area contributed by atoms with Gasteiger partial charge in [-0.15, -0.1) is 5.10 Å². The van der Waals surface area contributed by atoms with Crippen molar-refractivity contribution in [1.29, 1.82) is 0 Å². The summed E-state index contributed by atoms with van der Waals surface area (Å²) in [5, 5.41) is 6.79. The Balaban J connectivity index is 2.04. The number of rotatable bonds is 1. The number of nitrogens with one attached hydrogen (secondary N) is 1. The maximum atomic E-state index is 14.0. The molecule has 0 aromatic carbocycles. The number of nitrogens with zero attached hydrogens (tertiary/aromatic N) is 5. The van der Waals surface area contributed by atoms with Crippen LogP contribution in [0.5, 0.6) is 0 Å². The highest BCUT2D eigenvalue weighted by molar-refractivity contribution is 7.17. The van der Waals surface area contributed by atoms with Crippen molar-refractivity contribution in [1.82, 2.24) is 24.9 Å². The van der Waals surface area contributed by atoms with Crippen LogP contribution in [0.15, 0.2) is 0 Å². The van der Waals surface area contributed by atoms with Gasteiger partial charge >= 0.3 is 0 Å². The highest BCUT2D eigenvalue weighted by Crippen LogP contribution is 2.32. The van der Waals surface area contributed by atoms with Crippen molar-refractivity contribution in [2.45, 2.75) is 6.92 Å². The van der Waals surface area contributed by atoms with E-state index in [2.05, 4.69) is 20.4 Å². The highest BCUT2D eigenvalue weighted by Gasteiger charge is 2.24. The van der Waals surface area contributed by atoms with Crippen LogP contribution in [-0.2, 0) is 0 Å². The monoisotopic (exact) mass is 310 g/mol. The molecule has 0 unspecified atom stereocenters. The molecule has 1 N–H and O–H groups in total. The smallest absolute Gasteiger partial charge is 0.230 e. The molecule has 9 heteroatoms. The zero-order valence-corrected chi connectivity index (χ0v) is 12.0. The Hall–Kier alpha value is -1.87. The molecule has 0 bridgehead atoms. The number of aromatic nitrogens is 4. The van der Waals surface area contributed by atoms with Gasteiger partial charge in [-0.05, 0) is 6.92 Å². The molecular formula is C12H12F2N6S. The van der Waals surface area contributed by atoms with E-state index in [9.17, 15) is 8.78 Å². The average molecular weight is 310 g/mol. The zero-order chi connectivity index (χ0) is 14.6. The molecule has 0 amide bonds. The number of halogens is 2. The summed E-state index contributed by atoms with van der Waals surface area (Å²) < 4.78 is 29.0. The molecule has 0 aliphatic carbocycles. The molecule has 0 atom stereocenters. The molecule has 21 heavy (non-hydrogen) atoms. The molecule has 0 spiro atoms. The lowest BCUT2D eigenvalue weighted by Gasteiger charge is -2.28. The van der Waals surface area contributed by atoms with E-state index in [4.69, 9.17) is 0 Å². The Kier molecular flexibility index (Phi) is 2.79. The molecule has 1 aliphatic rings. The summed E-state index contributed by atoms with van der Waals surface area (Å²) in [7, 11) is 0. The standard InChI is InChI=1S/C12H12F2N6S/c1-6-16-10-7-8(13)9(14)21-11(7)17-12(20(10)18-6)19-4-2-15-3-5-19/h15H,2-5H2,1H3. The van der Waals surface area contributed by atoms with E-state index in [0.29, 0.717) is 33.6 Å². The third-order valence-corrected chi connectivity index (χ3v) is 4.37. The van der Waals surface area contributed by atoms with Crippen molar-refractivity contribution < 1.29 is 8.78 Å². The van der Waals surface area contributed by atoms with Crippen LogP contribution in [0.4, 0.5) is 14.7 Å². The SMILES string of the molecule is Cc1nc2c3c(F)c(F)sc3nc(N3CCNCC3)n2n1. The summed E-state index contributed by atoms with van der Waals surface area (Å²) in [5.41, 5.74) is 0.323. The molecule has 0 saturated carbocycles. The summed E-state index contributed by atoms with van der Waals surface area (Å²) in [6.45, 7) is 4.93. The zero-order valence-electron chi connectivity index (χ0n) is 11.2. The van der Waals surface area contributed by atoms with E-state index in [1.54, 1.807) is 6.92 Å². The van der Waals surface area contributed by atoms with Crippen molar-refractivity contribution in [3.8, 4) is 0 Å². The minimum atomic E-state index is -0.897. The van der Waals surface area contributed by atoms with Crippen molar-refractivity contribution >= 4 is 33.1 Å². The quantitative estimate of drug-likeness (QED) is 0.735. The first-order valence-corrected chi connectivity index (χ1v) is 7.43. The van der Waals surface area contributed by atoms with Crippen LogP contribution in [0.1, 0.15) is 5.82 Å². The molecule has 3 aromatic heterocycles. The van der Waals surface area contributed by atoms with Crippen LogP contribution >= 0.6 is 11.3 Å². The number of hydrogen-bond acceptors (Lipinski definition) is 6. The first-order valence-electron chi connectivity index (χ1n) is 6.61. The summed E-state index contributed by atoms with van der Waals surface area (Å²) in [4.78, 5) is 11.0. The Morgan fingerprint density at radius 1 is 1.19 bits per heavy atom. The summed E-state index contributed by atoms with van der Waals surface area (Å²) >= 11 is 0.705. The molecule has 1 fully saturated rings. The molecule has 1 aliphatic heterocycles. The number of aryl methyl sites for hydroxylation is 1. The second-order valence-electron chi connectivity index (χ2n) is 4.91. The number of thiophene rings is 1. The molecule has 110 valence electrons. The van der Waals surface area contributed by atoms with Gasteiger partial charge in [0.15, 0.2) is 11.5 Å². The molecule has 6 nitrogen and oxygen atoms in total. The van der Waals surface area contributed by atoms with Gasteiger partial charge in [-0.2, -0.15) is 8.91 Å². The van der Waals surface area contributed by atoms with Gasteiger partial charge in [0.1, 0.15) is 10.7 Å². The lowest BCUT2D eigenvalue weighted by Crippen LogP contribution is -2.44. The second kappa shape index (κ2) is 4.57. The van der Waals surface area contributed by atoms with Crippen molar-refractivity contribution in [2.24, 2.45) is 0 Å². The van der Waals surface area contributed by atoms with E-state index in [-0.39, 0.29) is 5.39 Å². The minimum Gasteiger partial charge on any atom is -0.338 e. The predicted octanol–water partition coefficient (Wildman–Crippen LogP) is 1.34. The van der Waals surface area contributed by atoms with Crippen molar-refractivity contribution in [3.05, 3.63) is 16.8 Å². The van der Waals surface area contributed by atoms with E-state index >= 15 is 0 Å². The van der Waals surface area contributed by atoms with E-state index in [1.165, 1.54) is 4.52 Å². The van der Waals surface area contributed by atoms with Crippen LogP contribution in [0.3, 0.4) is 0 Å². The fourth-order valence-corrected chi connectivity index (χ4v) is 3.34. The molecule has 0 radical (unpaired) electrons. The Labute approximate surface area is 122 Å². The van der Waals surface area contributed by atoms with Gasteiger partial charge < -0.3 is 10.2 Å². The number of fused-ring (bicyclic) bond motifs is 3. The first-order chi connectivity index (χ1) is 10.1. The first kappa shape index (κ1) is 12.8. The third-order valence-electron chi connectivity index (χ3n) is 3.52. The van der Waals surface area contributed by atoms with Gasteiger partial charge in [0, 0.05) is 26.2 Å². The van der Waals surface area contributed by atoms with Crippen molar-refractivity contribution in [3.63, 3.8) is 0 Å². The summed E-state index contributed by atoms with van der Waals surface area (Å²) in [6, 6.07) is 0. The number of piperazine rings is 1. The van der Waals surface area contributed by atoms with E-state index in [1.807, 2.05) is 4.90 Å². The highest BCUT2D eigenvalue weighted by atomic mass is 32.1. The normalized spacial score (nSPS) is 16.2. The van der Waals surface area contributed by atoms with Gasteiger partial charge in [-0.3, -0.25) is 0 Å². The molecule has 4 heterocycles. The Morgan fingerprint density at radius 3 is 2.71 bits per heavy atom. The van der Waals surface area contributed by atoms with Gasteiger partial charge in [0.25, 0.3) is 0 Å². The largest absolute Gasteiger partial charge is 0.338 e. The van der Waals surface area contributed by atoms with Gasteiger partial charge in [0.2, 0.25) is 11.1 Å². The Bertz CT molecular complexity index is 835. The van der Waals surface area contributed by atoms with E-state index < -0.39 is 10.9 Å². The number of hydrogen-bond donors (Lipinski definition) is 1. The fraction of sp³-hybridized carbons (Fsp3) is 0.417. The fourth-order valence-electron chi connectivity index (χ4n) is 2.57. The van der Waals surface area contributed by atoms with Crippen LogP contribution in [0, 0.1) is 17.9 Å². The number of anilines is 1. The maximum Gasteiger partial charge on any atom is 0.230 e. The van der Waals surface area contributed by atoms with Gasteiger partial charge in [0.05, 0.1) is 5.39 Å². The second-order valence-corrected chi connectivity index (χ2v) is 5.86. The average Bonchev–Trinajstić information content (AvgIpc) is 2.99. The van der Waals surface area contributed by atoms with Crippen LogP contribution in [0.2, 0.25) is 0 Å². The maximum absolute atomic E-state index is 14.0. The lowest BCUT2D eigenvalue weighted by molar-refractivity contribution is 0.538. The van der Waals surface area contributed by atoms with Gasteiger partial charge in [-0.25, -0.2) is 14.4 Å². The van der Waals surface area contributed by atoms with Crippen LogP contribution in [-0.4, -0.2) is 45.8 Å². The van der Waals surface area contributed by atoms with Gasteiger partial charge in [-0.1, -0.05) is 11.3 Å². The topological polar surface area (TPSA) is 58.4 Å². The minimum absolute atomic E-state index is 0.108. The van der Waals surface area contributed by atoms with E-state index in [0.717, 1.165) is 26.2 Å². The van der Waals surface area contributed by atoms with Crippen LogP contribution in [0.25, 0.3) is 15.9 Å². The predicted molar refractivity (Wildman–Crippen MR) is 75.9 cm³/mol. The molecule has 1 saturated heterocycles.